The number of piperidine rings is 1. The summed E-state index contributed by atoms with van der Waals surface area (Å²) in [5.74, 6) is 0.688. The Balaban J connectivity index is 1.78. The van der Waals surface area contributed by atoms with E-state index in [1.807, 2.05) is 13.8 Å². The SMILES string of the molecule is Cc1n[nH]c(C)c1C(=O)NCCC1CCCNC1. The van der Waals surface area contributed by atoms with E-state index < -0.39 is 0 Å². The number of amides is 1. The van der Waals surface area contributed by atoms with E-state index in [9.17, 15) is 4.79 Å². The lowest BCUT2D eigenvalue weighted by molar-refractivity contribution is 0.0949. The van der Waals surface area contributed by atoms with E-state index in [0.29, 0.717) is 11.5 Å². The zero-order chi connectivity index (χ0) is 13.0. The Morgan fingerprint density at radius 3 is 2.94 bits per heavy atom. The van der Waals surface area contributed by atoms with Crippen LogP contribution in [0.4, 0.5) is 0 Å². The Hall–Kier alpha value is -1.36. The molecule has 0 radical (unpaired) electrons. The predicted octanol–water partition coefficient (Wildman–Crippen LogP) is 1.15. The second kappa shape index (κ2) is 6.00. The summed E-state index contributed by atoms with van der Waals surface area (Å²) < 4.78 is 0. The smallest absolute Gasteiger partial charge is 0.255 e. The maximum Gasteiger partial charge on any atom is 0.255 e. The molecule has 2 rings (SSSR count). The number of nitrogens with zero attached hydrogens (tertiary/aromatic N) is 1. The topological polar surface area (TPSA) is 69.8 Å². The first-order valence-electron chi connectivity index (χ1n) is 6.69. The van der Waals surface area contributed by atoms with E-state index in [4.69, 9.17) is 0 Å². The fourth-order valence-corrected chi connectivity index (χ4v) is 2.53. The Morgan fingerprint density at radius 1 is 1.50 bits per heavy atom. The summed E-state index contributed by atoms with van der Waals surface area (Å²) in [6.45, 7) is 6.69. The quantitative estimate of drug-likeness (QED) is 0.750. The lowest BCUT2D eigenvalue weighted by atomic mass is 9.96. The molecular weight excluding hydrogens is 228 g/mol. The standard InChI is InChI=1S/C13H22N4O/c1-9-12(10(2)17-16-9)13(18)15-7-5-11-4-3-6-14-8-11/h11,14H,3-8H2,1-2H3,(H,15,18)(H,16,17). The van der Waals surface area contributed by atoms with Crippen molar-refractivity contribution in [1.29, 1.82) is 0 Å². The van der Waals surface area contributed by atoms with Gasteiger partial charge < -0.3 is 10.6 Å². The molecule has 0 aromatic carbocycles. The molecule has 1 aromatic rings. The summed E-state index contributed by atoms with van der Waals surface area (Å²) >= 11 is 0. The number of carbonyl (C=O) groups excluding carboxylic acids is 1. The molecule has 1 fully saturated rings. The maximum atomic E-state index is 12.0. The highest BCUT2D eigenvalue weighted by molar-refractivity contribution is 5.96. The van der Waals surface area contributed by atoms with Gasteiger partial charge >= 0.3 is 0 Å². The second-order valence-electron chi connectivity index (χ2n) is 5.07. The van der Waals surface area contributed by atoms with Gasteiger partial charge in [0.05, 0.1) is 11.3 Å². The zero-order valence-electron chi connectivity index (χ0n) is 11.2. The van der Waals surface area contributed by atoms with Crippen LogP contribution < -0.4 is 10.6 Å². The maximum absolute atomic E-state index is 12.0. The molecule has 1 atom stereocenters. The van der Waals surface area contributed by atoms with Gasteiger partial charge in [0.1, 0.15) is 0 Å². The molecule has 18 heavy (non-hydrogen) atoms. The van der Waals surface area contributed by atoms with Crippen LogP contribution in [-0.2, 0) is 0 Å². The van der Waals surface area contributed by atoms with Crippen LogP contribution in [0, 0.1) is 19.8 Å². The molecule has 100 valence electrons. The molecule has 1 aliphatic heterocycles. The highest BCUT2D eigenvalue weighted by Crippen LogP contribution is 2.13. The lowest BCUT2D eigenvalue weighted by Gasteiger charge is -2.22. The Morgan fingerprint density at radius 2 is 2.33 bits per heavy atom. The number of aromatic amines is 1. The van der Waals surface area contributed by atoms with E-state index >= 15 is 0 Å². The molecule has 1 unspecified atom stereocenters. The summed E-state index contributed by atoms with van der Waals surface area (Å²) in [5.41, 5.74) is 2.30. The minimum Gasteiger partial charge on any atom is -0.352 e. The van der Waals surface area contributed by atoms with Crippen LogP contribution in [-0.4, -0.2) is 35.7 Å². The van der Waals surface area contributed by atoms with E-state index in [1.54, 1.807) is 0 Å². The summed E-state index contributed by atoms with van der Waals surface area (Å²) in [7, 11) is 0. The number of hydrogen-bond acceptors (Lipinski definition) is 3. The van der Waals surface area contributed by atoms with Gasteiger partial charge in [0.2, 0.25) is 0 Å². The van der Waals surface area contributed by atoms with Gasteiger partial charge in [-0.25, -0.2) is 0 Å². The van der Waals surface area contributed by atoms with Crippen LogP contribution >= 0.6 is 0 Å². The van der Waals surface area contributed by atoms with Gasteiger partial charge in [0.15, 0.2) is 0 Å². The molecule has 0 saturated carbocycles. The van der Waals surface area contributed by atoms with E-state index in [2.05, 4.69) is 20.8 Å². The van der Waals surface area contributed by atoms with E-state index in [1.165, 1.54) is 12.8 Å². The van der Waals surface area contributed by atoms with Crippen LogP contribution in [0.5, 0.6) is 0 Å². The van der Waals surface area contributed by atoms with Gasteiger partial charge in [-0.15, -0.1) is 0 Å². The van der Waals surface area contributed by atoms with Gasteiger partial charge in [-0.3, -0.25) is 9.89 Å². The summed E-state index contributed by atoms with van der Waals surface area (Å²) in [5, 5.41) is 13.3. The number of rotatable bonds is 4. The Labute approximate surface area is 108 Å². The summed E-state index contributed by atoms with van der Waals surface area (Å²) in [6.07, 6.45) is 3.57. The van der Waals surface area contributed by atoms with Gasteiger partial charge in [-0.2, -0.15) is 5.10 Å². The highest BCUT2D eigenvalue weighted by atomic mass is 16.1. The average molecular weight is 250 g/mol. The monoisotopic (exact) mass is 250 g/mol. The first-order chi connectivity index (χ1) is 8.68. The van der Waals surface area contributed by atoms with Crippen molar-refractivity contribution >= 4 is 5.91 Å². The third kappa shape index (κ3) is 3.10. The van der Waals surface area contributed by atoms with Crippen molar-refractivity contribution in [2.45, 2.75) is 33.1 Å². The van der Waals surface area contributed by atoms with Crippen LogP contribution in [0.3, 0.4) is 0 Å². The summed E-state index contributed by atoms with van der Waals surface area (Å²) in [6, 6.07) is 0. The van der Waals surface area contributed by atoms with E-state index in [-0.39, 0.29) is 5.91 Å². The Kier molecular flexibility index (Phi) is 4.36. The number of H-pyrrole nitrogens is 1. The largest absolute Gasteiger partial charge is 0.352 e. The molecule has 2 heterocycles. The van der Waals surface area contributed by atoms with Crippen molar-refractivity contribution < 1.29 is 4.79 Å². The number of hydrogen-bond donors (Lipinski definition) is 3. The summed E-state index contributed by atoms with van der Waals surface area (Å²) in [4.78, 5) is 12.0. The lowest BCUT2D eigenvalue weighted by Crippen LogP contribution is -2.33. The molecule has 3 N–H and O–H groups in total. The van der Waals surface area contributed by atoms with Gasteiger partial charge in [-0.1, -0.05) is 0 Å². The van der Waals surface area contributed by atoms with Gasteiger partial charge in [-0.05, 0) is 52.1 Å². The number of nitrogens with one attached hydrogen (secondary N) is 3. The molecule has 1 amide bonds. The molecule has 0 bridgehead atoms. The van der Waals surface area contributed by atoms with Crippen molar-refractivity contribution in [3.63, 3.8) is 0 Å². The molecule has 1 saturated heterocycles. The highest BCUT2D eigenvalue weighted by Gasteiger charge is 2.16. The van der Waals surface area contributed by atoms with Gasteiger partial charge in [0, 0.05) is 12.2 Å². The molecule has 0 aliphatic carbocycles. The average Bonchev–Trinajstić information content (AvgIpc) is 2.70. The third-order valence-electron chi connectivity index (χ3n) is 3.59. The Bertz CT molecular complexity index is 388. The van der Waals surface area contributed by atoms with Crippen LogP contribution in [0.1, 0.15) is 41.0 Å². The normalized spacial score (nSPS) is 19.8. The zero-order valence-corrected chi connectivity index (χ0v) is 11.2. The van der Waals surface area contributed by atoms with Crippen LogP contribution in [0.15, 0.2) is 0 Å². The van der Waals surface area contributed by atoms with Crippen molar-refractivity contribution in [2.24, 2.45) is 5.92 Å². The molecule has 0 spiro atoms. The van der Waals surface area contributed by atoms with Crippen molar-refractivity contribution in [3.05, 3.63) is 17.0 Å². The fourth-order valence-electron chi connectivity index (χ4n) is 2.53. The van der Waals surface area contributed by atoms with Gasteiger partial charge in [0.25, 0.3) is 5.91 Å². The first kappa shape index (κ1) is 13.1. The van der Waals surface area contributed by atoms with Crippen molar-refractivity contribution in [3.8, 4) is 0 Å². The first-order valence-corrected chi connectivity index (χ1v) is 6.69. The number of aryl methyl sites for hydroxylation is 2. The molecular formula is C13H22N4O. The van der Waals surface area contributed by atoms with Crippen LogP contribution in [0.25, 0.3) is 0 Å². The second-order valence-corrected chi connectivity index (χ2v) is 5.07. The molecule has 1 aromatic heterocycles. The number of carbonyl (C=O) groups is 1. The third-order valence-corrected chi connectivity index (χ3v) is 3.59. The molecule has 5 heteroatoms. The van der Waals surface area contributed by atoms with Crippen LogP contribution in [0.2, 0.25) is 0 Å². The minimum absolute atomic E-state index is 0.0116. The predicted molar refractivity (Wildman–Crippen MR) is 70.6 cm³/mol. The molecule has 1 aliphatic rings. The minimum atomic E-state index is -0.0116. The fraction of sp³-hybridized carbons (Fsp3) is 0.692. The van der Waals surface area contributed by atoms with Crippen molar-refractivity contribution in [1.82, 2.24) is 20.8 Å². The van der Waals surface area contributed by atoms with E-state index in [0.717, 1.165) is 37.4 Å². The molecule has 5 nitrogen and oxygen atoms in total. The number of aromatic nitrogens is 2. The van der Waals surface area contributed by atoms with Crippen molar-refractivity contribution in [2.75, 3.05) is 19.6 Å².